The number of amides is 1. The van der Waals surface area contributed by atoms with Crippen molar-refractivity contribution >= 4 is 6.09 Å². The van der Waals surface area contributed by atoms with Gasteiger partial charge >= 0.3 is 6.09 Å². The second-order valence-electron chi connectivity index (χ2n) is 5.66. The summed E-state index contributed by atoms with van der Waals surface area (Å²) in [6.07, 6.45) is 8.31. The average Bonchev–Trinajstić information content (AvgIpc) is 2.80. The summed E-state index contributed by atoms with van der Waals surface area (Å²) in [6.45, 7) is 6.42. The standard InChI is InChI=1S/C13H21N3O2/c1-13(2,3)18-12(17)16-8-5-4-6-11(16)15-9-7-14-10-15/h7,9-11H,4-6,8H2,1-3H3. The SMILES string of the molecule is CC(C)(C)OC(=O)N1CCCCC1n1ccnc1. The molecule has 100 valence electrons. The summed E-state index contributed by atoms with van der Waals surface area (Å²) in [5.41, 5.74) is -0.450. The van der Waals surface area contributed by atoms with Gasteiger partial charge in [0.15, 0.2) is 0 Å². The highest BCUT2D eigenvalue weighted by molar-refractivity contribution is 5.68. The minimum Gasteiger partial charge on any atom is -0.444 e. The minimum atomic E-state index is -0.450. The van der Waals surface area contributed by atoms with E-state index in [1.807, 2.05) is 31.5 Å². The van der Waals surface area contributed by atoms with Gasteiger partial charge in [0.25, 0.3) is 0 Å². The normalized spacial score (nSPS) is 20.8. The Labute approximate surface area is 108 Å². The zero-order valence-electron chi connectivity index (χ0n) is 11.3. The molecule has 1 aromatic rings. The molecular weight excluding hydrogens is 230 g/mol. The fraction of sp³-hybridized carbons (Fsp3) is 0.692. The lowest BCUT2D eigenvalue weighted by Crippen LogP contribution is -2.43. The molecule has 0 N–H and O–H groups in total. The fourth-order valence-corrected chi connectivity index (χ4v) is 2.20. The molecule has 0 aliphatic carbocycles. The van der Waals surface area contributed by atoms with Crippen LogP contribution in [-0.4, -0.2) is 32.7 Å². The Bertz CT molecular complexity index is 395. The van der Waals surface area contributed by atoms with Crippen LogP contribution in [0, 0.1) is 0 Å². The van der Waals surface area contributed by atoms with E-state index in [0.29, 0.717) is 0 Å². The first-order valence-electron chi connectivity index (χ1n) is 6.44. The third-order valence-electron chi connectivity index (χ3n) is 2.97. The molecule has 1 aliphatic rings. The van der Waals surface area contributed by atoms with Crippen molar-refractivity contribution in [3.05, 3.63) is 18.7 Å². The molecule has 2 heterocycles. The molecule has 1 fully saturated rings. The molecule has 0 saturated carbocycles. The smallest absolute Gasteiger partial charge is 0.411 e. The Morgan fingerprint density at radius 2 is 2.17 bits per heavy atom. The van der Waals surface area contributed by atoms with Gasteiger partial charge in [-0.15, -0.1) is 0 Å². The van der Waals surface area contributed by atoms with Crippen LogP contribution in [0.4, 0.5) is 4.79 Å². The number of hydrogen-bond acceptors (Lipinski definition) is 3. The van der Waals surface area contributed by atoms with Gasteiger partial charge in [0.05, 0.1) is 6.33 Å². The zero-order valence-corrected chi connectivity index (χ0v) is 11.3. The molecule has 1 amide bonds. The van der Waals surface area contributed by atoms with Crippen molar-refractivity contribution in [1.29, 1.82) is 0 Å². The molecule has 2 rings (SSSR count). The summed E-state index contributed by atoms with van der Waals surface area (Å²) in [5.74, 6) is 0. The first-order chi connectivity index (χ1) is 8.47. The van der Waals surface area contributed by atoms with Crippen molar-refractivity contribution in [3.8, 4) is 0 Å². The van der Waals surface area contributed by atoms with Crippen molar-refractivity contribution < 1.29 is 9.53 Å². The van der Waals surface area contributed by atoms with Gasteiger partial charge in [0.2, 0.25) is 0 Å². The minimum absolute atomic E-state index is 0.0381. The number of rotatable bonds is 1. The molecule has 1 unspecified atom stereocenters. The van der Waals surface area contributed by atoms with E-state index >= 15 is 0 Å². The number of imidazole rings is 1. The molecule has 1 saturated heterocycles. The molecule has 0 aromatic carbocycles. The van der Waals surface area contributed by atoms with Gasteiger partial charge in [-0.1, -0.05) is 0 Å². The number of carbonyl (C=O) groups is 1. The molecule has 1 atom stereocenters. The Morgan fingerprint density at radius 3 is 2.78 bits per heavy atom. The lowest BCUT2D eigenvalue weighted by molar-refractivity contribution is -0.00118. The molecule has 1 aliphatic heterocycles. The molecule has 1 aromatic heterocycles. The third-order valence-corrected chi connectivity index (χ3v) is 2.97. The van der Waals surface area contributed by atoms with Crippen LogP contribution in [0.3, 0.4) is 0 Å². The summed E-state index contributed by atoms with van der Waals surface area (Å²) in [7, 11) is 0. The highest BCUT2D eigenvalue weighted by Crippen LogP contribution is 2.27. The van der Waals surface area contributed by atoms with Gasteiger partial charge < -0.3 is 9.30 Å². The van der Waals surface area contributed by atoms with Gasteiger partial charge in [0.1, 0.15) is 11.8 Å². The Balaban J connectivity index is 2.11. The van der Waals surface area contributed by atoms with E-state index < -0.39 is 5.60 Å². The number of hydrogen-bond donors (Lipinski definition) is 0. The average molecular weight is 251 g/mol. The highest BCUT2D eigenvalue weighted by atomic mass is 16.6. The van der Waals surface area contributed by atoms with Gasteiger partial charge in [-0.3, -0.25) is 4.90 Å². The lowest BCUT2D eigenvalue weighted by Gasteiger charge is -2.37. The van der Waals surface area contributed by atoms with Crippen LogP contribution in [0.25, 0.3) is 0 Å². The van der Waals surface area contributed by atoms with E-state index in [0.717, 1.165) is 25.8 Å². The quantitative estimate of drug-likeness (QED) is 0.771. The van der Waals surface area contributed by atoms with Crippen molar-refractivity contribution in [1.82, 2.24) is 14.5 Å². The van der Waals surface area contributed by atoms with Gasteiger partial charge in [-0.2, -0.15) is 0 Å². The maximum atomic E-state index is 12.2. The van der Waals surface area contributed by atoms with Crippen molar-refractivity contribution in [2.75, 3.05) is 6.54 Å². The second kappa shape index (κ2) is 5.00. The van der Waals surface area contributed by atoms with Crippen molar-refractivity contribution in [2.45, 2.75) is 51.8 Å². The summed E-state index contributed by atoms with van der Waals surface area (Å²) >= 11 is 0. The van der Waals surface area contributed by atoms with Crippen LogP contribution >= 0.6 is 0 Å². The topological polar surface area (TPSA) is 47.4 Å². The van der Waals surface area contributed by atoms with Crippen molar-refractivity contribution in [3.63, 3.8) is 0 Å². The van der Waals surface area contributed by atoms with Crippen LogP contribution in [0.15, 0.2) is 18.7 Å². The summed E-state index contributed by atoms with van der Waals surface area (Å²) < 4.78 is 7.43. The number of carbonyl (C=O) groups excluding carboxylic acids is 1. The summed E-state index contributed by atoms with van der Waals surface area (Å²) in [6, 6.07) is 0. The van der Waals surface area contributed by atoms with E-state index in [9.17, 15) is 4.79 Å². The monoisotopic (exact) mass is 251 g/mol. The molecule has 5 heteroatoms. The van der Waals surface area contributed by atoms with Crippen molar-refractivity contribution in [2.24, 2.45) is 0 Å². The number of aromatic nitrogens is 2. The van der Waals surface area contributed by atoms with Gasteiger partial charge in [0, 0.05) is 18.9 Å². The zero-order chi connectivity index (χ0) is 13.2. The van der Waals surface area contributed by atoms with Crippen LogP contribution in [0.5, 0.6) is 0 Å². The van der Waals surface area contributed by atoms with Crippen LogP contribution in [-0.2, 0) is 4.74 Å². The maximum Gasteiger partial charge on any atom is 0.411 e. The largest absolute Gasteiger partial charge is 0.444 e. The molecular formula is C13H21N3O2. The van der Waals surface area contributed by atoms with Gasteiger partial charge in [-0.05, 0) is 40.0 Å². The highest BCUT2D eigenvalue weighted by Gasteiger charge is 2.31. The Hall–Kier alpha value is -1.52. The first kappa shape index (κ1) is 12.9. The molecule has 0 radical (unpaired) electrons. The van der Waals surface area contributed by atoms with E-state index in [4.69, 9.17) is 4.74 Å². The van der Waals surface area contributed by atoms with E-state index in [1.165, 1.54) is 0 Å². The van der Waals surface area contributed by atoms with Crippen LogP contribution in [0.1, 0.15) is 46.2 Å². The maximum absolute atomic E-state index is 12.2. The van der Waals surface area contributed by atoms with Gasteiger partial charge in [-0.25, -0.2) is 9.78 Å². The molecule has 5 nitrogen and oxygen atoms in total. The molecule has 18 heavy (non-hydrogen) atoms. The van der Waals surface area contributed by atoms with E-state index in [1.54, 1.807) is 17.4 Å². The Kier molecular flexibility index (Phi) is 3.59. The Morgan fingerprint density at radius 1 is 1.39 bits per heavy atom. The lowest BCUT2D eigenvalue weighted by atomic mass is 10.1. The van der Waals surface area contributed by atoms with E-state index in [-0.39, 0.29) is 12.3 Å². The molecule has 0 bridgehead atoms. The van der Waals surface area contributed by atoms with E-state index in [2.05, 4.69) is 4.98 Å². The van der Waals surface area contributed by atoms with Crippen LogP contribution < -0.4 is 0 Å². The third kappa shape index (κ3) is 3.03. The predicted molar refractivity (Wildman–Crippen MR) is 68.1 cm³/mol. The number of ether oxygens (including phenoxy) is 1. The number of likely N-dealkylation sites (tertiary alicyclic amines) is 1. The van der Waals surface area contributed by atoms with Crippen LogP contribution in [0.2, 0.25) is 0 Å². The predicted octanol–water partition coefficient (Wildman–Crippen LogP) is 2.80. The summed E-state index contributed by atoms with van der Waals surface area (Å²) in [5, 5.41) is 0. The number of nitrogens with zero attached hydrogens (tertiary/aromatic N) is 3. The number of piperidine rings is 1. The fourth-order valence-electron chi connectivity index (χ4n) is 2.20. The molecule has 0 spiro atoms. The first-order valence-corrected chi connectivity index (χ1v) is 6.44. The summed E-state index contributed by atoms with van der Waals surface area (Å²) in [4.78, 5) is 18.0. The second-order valence-corrected chi connectivity index (χ2v) is 5.66.